The van der Waals surface area contributed by atoms with Gasteiger partial charge < -0.3 is 9.47 Å². The maximum Gasteiger partial charge on any atom is 0.110 e. The second-order valence-corrected chi connectivity index (χ2v) is 3.96. The van der Waals surface area contributed by atoms with Gasteiger partial charge in [0.25, 0.3) is 0 Å². The second-order valence-electron chi connectivity index (χ2n) is 3.96. The first-order valence-electron chi connectivity index (χ1n) is 5.67. The van der Waals surface area contributed by atoms with Crippen LogP contribution in [0.1, 0.15) is 39.5 Å². The highest BCUT2D eigenvalue weighted by Gasteiger charge is 2.42. The van der Waals surface area contributed by atoms with E-state index in [1.807, 2.05) is 0 Å². The van der Waals surface area contributed by atoms with Crippen LogP contribution in [0.15, 0.2) is 12.7 Å². The summed E-state index contributed by atoms with van der Waals surface area (Å²) in [7, 11) is 0. The topological polar surface area (TPSA) is 21.8 Å². The molecule has 0 bridgehead atoms. The van der Waals surface area contributed by atoms with Crippen molar-refractivity contribution < 1.29 is 9.47 Å². The number of epoxide rings is 1. The van der Waals surface area contributed by atoms with Crippen LogP contribution in [0.4, 0.5) is 0 Å². The summed E-state index contributed by atoms with van der Waals surface area (Å²) in [4.78, 5) is 0. The molecule has 0 saturated carbocycles. The third-order valence-electron chi connectivity index (χ3n) is 2.65. The van der Waals surface area contributed by atoms with Gasteiger partial charge in [-0.15, -0.1) is 6.58 Å². The normalized spacial score (nSPS) is 27.3. The largest absolute Gasteiger partial charge is 0.372 e. The van der Waals surface area contributed by atoms with Crippen LogP contribution in [0.2, 0.25) is 0 Å². The monoisotopic (exact) mass is 198 g/mol. The van der Waals surface area contributed by atoms with Gasteiger partial charge >= 0.3 is 0 Å². The predicted molar refractivity (Wildman–Crippen MR) is 58.4 cm³/mol. The molecule has 1 fully saturated rings. The van der Waals surface area contributed by atoms with Crippen molar-refractivity contribution in [3.8, 4) is 0 Å². The molecular formula is C12H22O2. The molecule has 1 rings (SSSR count). The Bertz CT molecular complexity index is 168. The zero-order chi connectivity index (χ0) is 10.4. The van der Waals surface area contributed by atoms with Crippen molar-refractivity contribution in [2.45, 2.75) is 57.8 Å². The van der Waals surface area contributed by atoms with Crippen LogP contribution in [0, 0.1) is 0 Å². The summed E-state index contributed by atoms with van der Waals surface area (Å²) >= 11 is 0. The van der Waals surface area contributed by atoms with E-state index in [-0.39, 0.29) is 6.10 Å². The highest BCUT2D eigenvalue weighted by atomic mass is 16.6. The van der Waals surface area contributed by atoms with Crippen LogP contribution in [-0.2, 0) is 9.47 Å². The lowest BCUT2D eigenvalue weighted by molar-refractivity contribution is 0.0653. The minimum atomic E-state index is 0.222. The van der Waals surface area contributed by atoms with Gasteiger partial charge in [-0.25, -0.2) is 0 Å². The standard InChI is InChI=1S/C12H22O2/c1-4-6-7-8-11-12(14-11)10(3)13-9-5-2/h5,10-12H,2,4,6-9H2,1,3H3/t10-,11-,12+/m1/s1. The molecule has 0 spiro atoms. The van der Waals surface area contributed by atoms with Crippen molar-refractivity contribution in [3.05, 3.63) is 12.7 Å². The van der Waals surface area contributed by atoms with E-state index >= 15 is 0 Å². The van der Waals surface area contributed by atoms with Gasteiger partial charge in [0.15, 0.2) is 0 Å². The highest BCUT2D eigenvalue weighted by molar-refractivity contribution is 4.89. The SMILES string of the molecule is C=CCO[C@H](C)[C@@H]1O[C@@H]1CCCCC. The van der Waals surface area contributed by atoms with Crippen molar-refractivity contribution in [1.82, 2.24) is 0 Å². The first-order chi connectivity index (χ1) is 6.79. The maximum atomic E-state index is 5.56. The van der Waals surface area contributed by atoms with Crippen molar-refractivity contribution in [3.63, 3.8) is 0 Å². The van der Waals surface area contributed by atoms with Crippen molar-refractivity contribution >= 4 is 0 Å². The van der Waals surface area contributed by atoms with Crippen LogP contribution in [0.3, 0.4) is 0 Å². The minimum absolute atomic E-state index is 0.222. The van der Waals surface area contributed by atoms with E-state index in [0.29, 0.717) is 18.8 Å². The predicted octanol–water partition coefficient (Wildman–Crippen LogP) is 2.93. The molecule has 0 aromatic carbocycles. The maximum absolute atomic E-state index is 5.56. The smallest absolute Gasteiger partial charge is 0.110 e. The Labute approximate surface area is 87.3 Å². The molecule has 14 heavy (non-hydrogen) atoms. The zero-order valence-electron chi connectivity index (χ0n) is 9.37. The van der Waals surface area contributed by atoms with Crippen molar-refractivity contribution in [2.75, 3.05) is 6.61 Å². The summed E-state index contributed by atoms with van der Waals surface area (Å²) in [5.41, 5.74) is 0. The molecule has 2 nitrogen and oxygen atoms in total. The lowest BCUT2D eigenvalue weighted by Crippen LogP contribution is -2.17. The molecule has 0 N–H and O–H groups in total. The Hall–Kier alpha value is -0.340. The van der Waals surface area contributed by atoms with Gasteiger partial charge in [0.05, 0.1) is 18.8 Å². The van der Waals surface area contributed by atoms with Gasteiger partial charge in [0.1, 0.15) is 6.10 Å². The van der Waals surface area contributed by atoms with Crippen LogP contribution in [0.25, 0.3) is 0 Å². The summed E-state index contributed by atoms with van der Waals surface area (Å²) in [6.45, 7) is 8.55. The molecule has 0 unspecified atom stereocenters. The lowest BCUT2D eigenvalue weighted by Gasteiger charge is -2.07. The first kappa shape index (κ1) is 11.7. The lowest BCUT2D eigenvalue weighted by atomic mass is 10.1. The van der Waals surface area contributed by atoms with Crippen molar-refractivity contribution in [1.29, 1.82) is 0 Å². The van der Waals surface area contributed by atoms with Gasteiger partial charge in [-0.2, -0.15) is 0 Å². The number of hydrogen-bond acceptors (Lipinski definition) is 2. The number of unbranched alkanes of at least 4 members (excludes halogenated alkanes) is 2. The fourth-order valence-corrected chi connectivity index (χ4v) is 1.71. The number of hydrogen-bond donors (Lipinski definition) is 0. The minimum Gasteiger partial charge on any atom is -0.372 e. The Balaban J connectivity index is 2.03. The second kappa shape index (κ2) is 6.20. The molecule has 0 radical (unpaired) electrons. The fourth-order valence-electron chi connectivity index (χ4n) is 1.71. The van der Waals surface area contributed by atoms with Gasteiger partial charge in [-0.3, -0.25) is 0 Å². The average Bonchev–Trinajstić information content (AvgIpc) is 2.94. The Kier molecular flexibility index (Phi) is 5.20. The quantitative estimate of drug-likeness (QED) is 0.340. The molecule has 2 heteroatoms. The first-order valence-corrected chi connectivity index (χ1v) is 5.67. The number of ether oxygens (including phenoxy) is 2. The summed E-state index contributed by atoms with van der Waals surface area (Å²) in [6, 6.07) is 0. The molecule has 3 atom stereocenters. The van der Waals surface area contributed by atoms with E-state index in [9.17, 15) is 0 Å². The van der Waals surface area contributed by atoms with E-state index in [1.165, 1.54) is 25.7 Å². The molecule has 0 amide bonds. The Morgan fingerprint density at radius 1 is 1.50 bits per heavy atom. The molecule has 1 aliphatic heterocycles. The third kappa shape index (κ3) is 3.81. The third-order valence-corrected chi connectivity index (χ3v) is 2.65. The Morgan fingerprint density at radius 3 is 2.93 bits per heavy atom. The van der Waals surface area contributed by atoms with E-state index in [0.717, 1.165) is 0 Å². The summed E-state index contributed by atoms with van der Waals surface area (Å²) in [5, 5.41) is 0. The van der Waals surface area contributed by atoms with Gasteiger partial charge in [-0.05, 0) is 13.3 Å². The Morgan fingerprint density at radius 2 is 2.29 bits per heavy atom. The number of rotatable bonds is 8. The molecule has 0 aromatic heterocycles. The molecule has 0 aliphatic carbocycles. The van der Waals surface area contributed by atoms with Crippen molar-refractivity contribution in [2.24, 2.45) is 0 Å². The molecule has 1 heterocycles. The van der Waals surface area contributed by atoms with Crippen LogP contribution in [0.5, 0.6) is 0 Å². The summed E-state index contributed by atoms with van der Waals surface area (Å²) in [5.74, 6) is 0. The van der Waals surface area contributed by atoms with E-state index in [1.54, 1.807) is 6.08 Å². The van der Waals surface area contributed by atoms with E-state index in [4.69, 9.17) is 9.47 Å². The zero-order valence-corrected chi connectivity index (χ0v) is 9.37. The van der Waals surface area contributed by atoms with Crippen LogP contribution >= 0.6 is 0 Å². The molecule has 0 aromatic rings. The summed E-state index contributed by atoms with van der Waals surface area (Å²) in [6.07, 6.45) is 7.87. The fraction of sp³-hybridized carbons (Fsp3) is 0.833. The molecular weight excluding hydrogens is 176 g/mol. The highest BCUT2D eigenvalue weighted by Crippen LogP contribution is 2.31. The van der Waals surface area contributed by atoms with E-state index < -0.39 is 0 Å². The molecule has 1 saturated heterocycles. The van der Waals surface area contributed by atoms with E-state index in [2.05, 4.69) is 20.4 Å². The molecule has 1 aliphatic rings. The summed E-state index contributed by atoms with van der Waals surface area (Å²) < 4.78 is 11.1. The van der Waals surface area contributed by atoms with Gasteiger partial charge in [0.2, 0.25) is 0 Å². The average molecular weight is 198 g/mol. The molecule has 82 valence electrons. The van der Waals surface area contributed by atoms with Crippen LogP contribution < -0.4 is 0 Å². The van der Waals surface area contributed by atoms with Crippen LogP contribution in [-0.4, -0.2) is 24.9 Å². The van der Waals surface area contributed by atoms with Gasteiger partial charge in [-0.1, -0.05) is 32.3 Å². The van der Waals surface area contributed by atoms with Gasteiger partial charge in [0, 0.05) is 0 Å².